The maximum atomic E-state index is 10.8. The van der Waals surface area contributed by atoms with E-state index in [1.54, 1.807) is 12.1 Å². The molecule has 0 bridgehead atoms. The first-order valence-corrected chi connectivity index (χ1v) is 6.72. The van der Waals surface area contributed by atoms with Crippen LogP contribution in [0, 0.1) is 10.1 Å². The third-order valence-electron chi connectivity index (χ3n) is 3.25. The zero-order chi connectivity index (χ0) is 14.8. The lowest BCUT2D eigenvalue weighted by Gasteiger charge is -2.01. The highest BCUT2D eigenvalue weighted by Gasteiger charge is 2.11. The molecular formula is C14H14N4O3. The van der Waals surface area contributed by atoms with E-state index in [1.165, 1.54) is 6.07 Å². The minimum Gasteiger partial charge on any atom is -0.338 e. The van der Waals surface area contributed by atoms with Gasteiger partial charge in [0.15, 0.2) is 5.82 Å². The van der Waals surface area contributed by atoms with Crippen molar-refractivity contribution in [3.05, 3.63) is 52.3 Å². The molecule has 1 aromatic carbocycles. The molecule has 0 amide bonds. The number of nitro groups is 1. The molecule has 7 nitrogen and oxygen atoms in total. The number of aromatic nitrogens is 3. The van der Waals surface area contributed by atoms with E-state index >= 15 is 0 Å². The zero-order valence-electron chi connectivity index (χ0n) is 11.5. The zero-order valence-corrected chi connectivity index (χ0v) is 11.5. The van der Waals surface area contributed by atoms with E-state index in [9.17, 15) is 10.1 Å². The van der Waals surface area contributed by atoms with E-state index in [1.807, 2.05) is 16.8 Å². The number of hydrogen-bond acceptors (Lipinski definition) is 5. The molecule has 7 heteroatoms. The second-order valence-corrected chi connectivity index (χ2v) is 4.80. The van der Waals surface area contributed by atoms with Crippen molar-refractivity contribution in [1.29, 1.82) is 0 Å². The molecule has 0 spiro atoms. The van der Waals surface area contributed by atoms with Crippen molar-refractivity contribution in [1.82, 2.24) is 14.7 Å². The normalized spacial score (nSPS) is 11.1. The van der Waals surface area contributed by atoms with Gasteiger partial charge >= 0.3 is 0 Å². The Kier molecular flexibility index (Phi) is 3.39. The van der Waals surface area contributed by atoms with Gasteiger partial charge in [0.25, 0.3) is 5.69 Å². The smallest absolute Gasteiger partial charge is 0.270 e. The van der Waals surface area contributed by atoms with Gasteiger partial charge in [0, 0.05) is 35.7 Å². The van der Waals surface area contributed by atoms with Crippen LogP contribution in [0.25, 0.3) is 10.9 Å². The molecule has 3 aromatic rings. The molecule has 0 fully saturated rings. The summed E-state index contributed by atoms with van der Waals surface area (Å²) >= 11 is 0. The fraction of sp³-hybridized carbons (Fsp3) is 0.286. The molecule has 21 heavy (non-hydrogen) atoms. The summed E-state index contributed by atoms with van der Waals surface area (Å²) in [5.41, 5.74) is 0.985. The monoisotopic (exact) mass is 286 g/mol. The lowest BCUT2D eigenvalue weighted by atomic mass is 10.2. The molecule has 0 atom stereocenters. The van der Waals surface area contributed by atoms with Crippen LogP contribution < -0.4 is 0 Å². The Balaban J connectivity index is 1.88. The summed E-state index contributed by atoms with van der Waals surface area (Å²) in [6.45, 7) is 2.51. The number of benzene rings is 1. The number of hydrogen-bond donors (Lipinski definition) is 0. The van der Waals surface area contributed by atoms with Crippen LogP contribution in [0.15, 0.2) is 35.0 Å². The number of fused-ring (bicyclic) bond motifs is 1. The lowest BCUT2D eigenvalue weighted by molar-refractivity contribution is -0.384. The summed E-state index contributed by atoms with van der Waals surface area (Å²) in [6, 6.07) is 6.62. The van der Waals surface area contributed by atoms with E-state index < -0.39 is 4.92 Å². The molecule has 3 rings (SSSR count). The second kappa shape index (κ2) is 5.35. The van der Waals surface area contributed by atoms with Gasteiger partial charge in [-0.3, -0.25) is 10.1 Å². The number of non-ortho nitro benzene ring substituents is 1. The summed E-state index contributed by atoms with van der Waals surface area (Å²) in [4.78, 5) is 14.7. The molecule has 0 saturated carbocycles. The summed E-state index contributed by atoms with van der Waals surface area (Å²) in [7, 11) is 0. The Morgan fingerprint density at radius 3 is 3.00 bits per heavy atom. The molecule has 0 N–H and O–H groups in total. The number of aryl methyl sites for hydroxylation is 1. The predicted molar refractivity (Wildman–Crippen MR) is 76.0 cm³/mol. The van der Waals surface area contributed by atoms with Gasteiger partial charge in [-0.15, -0.1) is 0 Å². The van der Waals surface area contributed by atoms with Crippen molar-refractivity contribution >= 4 is 16.6 Å². The first-order valence-electron chi connectivity index (χ1n) is 6.72. The third-order valence-corrected chi connectivity index (χ3v) is 3.25. The van der Waals surface area contributed by atoms with Crippen LogP contribution in [-0.2, 0) is 13.0 Å². The van der Waals surface area contributed by atoms with Gasteiger partial charge in [0.2, 0.25) is 5.89 Å². The Morgan fingerprint density at radius 2 is 2.24 bits per heavy atom. The van der Waals surface area contributed by atoms with Crippen LogP contribution in [0.1, 0.15) is 25.1 Å². The average Bonchev–Trinajstić information content (AvgIpc) is 3.07. The van der Waals surface area contributed by atoms with E-state index in [-0.39, 0.29) is 5.69 Å². The highest BCUT2D eigenvalue weighted by Crippen LogP contribution is 2.22. The lowest BCUT2D eigenvalue weighted by Crippen LogP contribution is -1.98. The van der Waals surface area contributed by atoms with Crippen LogP contribution in [-0.4, -0.2) is 19.6 Å². The van der Waals surface area contributed by atoms with Gasteiger partial charge < -0.3 is 9.09 Å². The van der Waals surface area contributed by atoms with E-state index in [0.717, 1.165) is 23.7 Å². The Bertz CT molecular complexity index is 790. The van der Waals surface area contributed by atoms with Crippen molar-refractivity contribution in [2.24, 2.45) is 0 Å². The Hall–Kier alpha value is -2.70. The minimum atomic E-state index is -0.397. The van der Waals surface area contributed by atoms with Gasteiger partial charge in [-0.1, -0.05) is 12.1 Å². The minimum absolute atomic E-state index is 0.0864. The summed E-state index contributed by atoms with van der Waals surface area (Å²) in [5.74, 6) is 1.24. The van der Waals surface area contributed by atoms with Crippen LogP contribution >= 0.6 is 0 Å². The summed E-state index contributed by atoms with van der Waals surface area (Å²) in [5, 5.41) is 15.5. The van der Waals surface area contributed by atoms with Crippen molar-refractivity contribution in [2.75, 3.05) is 0 Å². The van der Waals surface area contributed by atoms with Crippen LogP contribution in [0.2, 0.25) is 0 Å². The van der Waals surface area contributed by atoms with Crippen molar-refractivity contribution in [3.63, 3.8) is 0 Å². The Labute approximate surface area is 120 Å². The van der Waals surface area contributed by atoms with Crippen LogP contribution in [0.4, 0.5) is 5.69 Å². The summed E-state index contributed by atoms with van der Waals surface area (Å²) in [6.07, 6.45) is 3.62. The summed E-state index contributed by atoms with van der Waals surface area (Å²) < 4.78 is 7.14. The quantitative estimate of drug-likeness (QED) is 0.531. The van der Waals surface area contributed by atoms with Crippen molar-refractivity contribution in [3.8, 4) is 0 Å². The highest BCUT2D eigenvalue weighted by atomic mass is 16.6. The highest BCUT2D eigenvalue weighted by molar-refractivity contribution is 5.82. The molecule has 0 radical (unpaired) electrons. The Morgan fingerprint density at radius 1 is 1.38 bits per heavy atom. The molecule has 2 heterocycles. The van der Waals surface area contributed by atoms with E-state index in [4.69, 9.17) is 4.52 Å². The third kappa shape index (κ3) is 2.62. The molecule has 0 aliphatic rings. The maximum Gasteiger partial charge on any atom is 0.270 e. The van der Waals surface area contributed by atoms with Crippen molar-refractivity contribution < 1.29 is 9.45 Å². The largest absolute Gasteiger partial charge is 0.338 e. The SMILES string of the molecule is CCCc1noc(Cn2ccc3cc([N+](=O)[O-])ccc32)n1. The second-order valence-electron chi connectivity index (χ2n) is 4.80. The van der Waals surface area contributed by atoms with Crippen LogP contribution in [0.3, 0.4) is 0 Å². The molecule has 0 aliphatic carbocycles. The van der Waals surface area contributed by atoms with Gasteiger partial charge in [0.05, 0.1) is 4.92 Å². The van der Waals surface area contributed by atoms with E-state index in [0.29, 0.717) is 18.3 Å². The molecular weight excluding hydrogens is 272 g/mol. The van der Waals surface area contributed by atoms with E-state index in [2.05, 4.69) is 17.1 Å². The molecule has 108 valence electrons. The predicted octanol–water partition coefficient (Wildman–Crippen LogP) is 2.93. The maximum absolute atomic E-state index is 10.8. The van der Waals surface area contributed by atoms with Crippen LogP contribution in [0.5, 0.6) is 0 Å². The molecule has 0 saturated heterocycles. The molecule has 0 aliphatic heterocycles. The average molecular weight is 286 g/mol. The van der Waals surface area contributed by atoms with Gasteiger partial charge in [-0.25, -0.2) is 0 Å². The first-order chi connectivity index (χ1) is 10.2. The fourth-order valence-corrected chi connectivity index (χ4v) is 2.26. The standard InChI is InChI=1S/C14H14N4O3/c1-2-3-13-15-14(21-16-13)9-17-7-6-10-8-11(18(19)20)4-5-12(10)17/h4-8H,2-3,9H2,1H3. The van der Waals surface area contributed by atoms with Gasteiger partial charge in [-0.2, -0.15) is 4.98 Å². The van der Waals surface area contributed by atoms with Gasteiger partial charge in [0.1, 0.15) is 6.54 Å². The topological polar surface area (TPSA) is 87.0 Å². The molecule has 2 aromatic heterocycles. The van der Waals surface area contributed by atoms with Gasteiger partial charge in [-0.05, 0) is 18.6 Å². The first kappa shape index (κ1) is 13.3. The number of nitrogens with zero attached hydrogens (tertiary/aromatic N) is 4. The fourth-order valence-electron chi connectivity index (χ4n) is 2.26. The number of nitro benzene ring substituents is 1. The number of rotatable bonds is 5. The van der Waals surface area contributed by atoms with Crippen molar-refractivity contribution in [2.45, 2.75) is 26.3 Å². The molecule has 0 unspecified atom stereocenters.